The molecule has 3 rings (SSSR count). The van der Waals surface area contributed by atoms with Gasteiger partial charge in [0.1, 0.15) is 0 Å². The summed E-state index contributed by atoms with van der Waals surface area (Å²) in [5.41, 5.74) is 4.05. The van der Waals surface area contributed by atoms with E-state index in [9.17, 15) is 0 Å². The van der Waals surface area contributed by atoms with E-state index in [1.165, 1.54) is 30.1 Å². The molecule has 0 saturated heterocycles. The molecule has 0 amide bonds. The number of benzene rings is 3. The zero-order chi connectivity index (χ0) is 17.6. The first kappa shape index (κ1) is 19.0. The molecule has 0 unspecified atom stereocenters. The first-order chi connectivity index (χ1) is 12.1. The molecular weight excluding hydrogens is 501 g/mol. The Labute approximate surface area is 170 Å². The summed E-state index contributed by atoms with van der Waals surface area (Å²) in [5.74, 6) is 0. The molecule has 0 aromatic heterocycles. The Bertz CT molecular complexity index is 677. The van der Waals surface area contributed by atoms with E-state index in [0.29, 0.717) is 44.9 Å². The quantitative estimate of drug-likeness (QED) is 0.437. The summed E-state index contributed by atoms with van der Waals surface area (Å²) in [6.45, 7) is 6.50. The molecule has 0 radical (unpaired) electrons. The second kappa shape index (κ2) is 9.24. The molecule has 0 atom stereocenters. The first-order valence-electron chi connectivity index (χ1n) is 8.28. The van der Waals surface area contributed by atoms with Gasteiger partial charge in [-0.25, -0.2) is 0 Å². The molecule has 0 heterocycles. The van der Waals surface area contributed by atoms with E-state index < -0.39 is 0 Å². The summed E-state index contributed by atoms with van der Waals surface area (Å²) in [5, 5.41) is 0. The van der Waals surface area contributed by atoms with Crippen LogP contribution in [-0.2, 0) is 0 Å². The van der Waals surface area contributed by atoms with Crippen LogP contribution in [-0.4, -0.2) is 44.9 Å². The van der Waals surface area contributed by atoms with Crippen molar-refractivity contribution in [2.75, 3.05) is 0 Å². The van der Waals surface area contributed by atoms with Crippen LogP contribution in [0.2, 0.25) is 2.61 Å². The van der Waals surface area contributed by atoms with E-state index in [2.05, 4.69) is 93.6 Å². The average molecular weight is 523 g/mol. The molecule has 3 aromatic carbocycles. The fourth-order valence-corrected chi connectivity index (χ4v) is 14.6. The van der Waals surface area contributed by atoms with Gasteiger partial charge < -0.3 is 0 Å². The van der Waals surface area contributed by atoms with Crippen molar-refractivity contribution in [3.8, 4) is 0 Å². The van der Waals surface area contributed by atoms with Crippen molar-refractivity contribution in [2.24, 2.45) is 0 Å². The van der Waals surface area contributed by atoms with E-state index >= 15 is 0 Å². The minimum absolute atomic E-state index is 0.531. The van der Waals surface area contributed by atoms with Crippen molar-refractivity contribution in [3.05, 3.63) is 89.5 Å². The summed E-state index contributed by atoms with van der Waals surface area (Å²) in [6.07, 6.45) is 0. The maximum atomic E-state index is 2.33. The first-order valence-corrected chi connectivity index (χ1v) is 13.8. The summed E-state index contributed by atoms with van der Waals surface area (Å²) >= 11 is 1.59. The third-order valence-electron chi connectivity index (χ3n) is 3.76. The fourth-order valence-electron chi connectivity index (χ4n) is 2.26. The van der Waals surface area contributed by atoms with Crippen molar-refractivity contribution in [2.45, 2.75) is 23.4 Å². The summed E-state index contributed by atoms with van der Waals surface area (Å²) in [6, 6.07) is 27.5. The molecule has 0 saturated carbocycles. The molecular formula is C22H22Se3. The average Bonchev–Trinajstić information content (AvgIpc) is 2.61. The molecule has 0 N–H and O–H groups in total. The third kappa shape index (κ3) is 6.15. The van der Waals surface area contributed by atoms with Gasteiger partial charge in [-0.1, -0.05) is 0 Å². The fraction of sp³-hybridized carbons (Fsp3) is 0.182. The molecule has 3 heteroatoms. The van der Waals surface area contributed by atoms with Crippen LogP contribution in [0.25, 0.3) is 0 Å². The summed E-state index contributed by atoms with van der Waals surface area (Å²) in [4.78, 5) is 0. The molecule has 128 valence electrons. The van der Waals surface area contributed by atoms with Gasteiger partial charge in [-0.2, -0.15) is 0 Å². The van der Waals surface area contributed by atoms with E-state index in [1.54, 1.807) is 0 Å². The summed E-state index contributed by atoms with van der Waals surface area (Å²) < 4.78 is 5.41. The van der Waals surface area contributed by atoms with Gasteiger partial charge in [0.2, 0.25) is 0 Å². The summed E-state index contributed by atoms with van der Waals surface area (Å²) in [7, 11) is 0. The van der Waals surface area contributed by atoms with Gasteiger partial charge in [-0.15, -0.1) is 0 Å². The van der Waals surface area contributed by atoms with Gasteiger partial charge >= 0.3 is 171 Å². The van der Waals surface area contributed by atoms with Crippen LogP contribution in [0.4, 0.5) is 0 Å². The van der Waals surface area contributed by atoms with Crippen molar-refractivity contribution >= 4 is 58.3 Å². The Kier molecular flexibility index (Phi) is 7.02. The van der Waals surface area contributed by atoms with Gasteiger partial charge in [0.25, 0.3) is 0 Å². The van der Waals surface area contributed by atoms with Gasteiger partial charge in [-0.3, -0.25) is 0 Å². The van der Waals surface area contributed by atoms with Crippen molar-refractivity contribution < 1.29 is 0 Å². The zero-order valence-corrected chi connectivity index (χ0v) is 19.9. The van der Waals surface area contributed by atoms with Crippen LogP contribution in [0.15, 0.2) is 72.8 Å². The van der Waals surface area contributed by atoms with Crippen molar-refractivity contribution in [1.29, 1.82) is 0 Å². The Balaban J connectivity index is 1.77. The number of hydrogen-bond donors (Lipinski definition) is 0. The Morgan fingerprint density at radius 3 is 0.920 bits per heavy atom. The predicted molar refractivity (Wildman–Crippen MR) is 113 cm³/mol. The van der Waals surface area contributed by atoms with Crippen LogP contribution in [0.1, 0.15) is 16.7 Å². The van der Waals surface area contributed by atoms with E-state index in [-0.39, 0.29) is 0 Å². The zero-order valence-electron chi connectivity index (χ0n) is 14.7. The molecule has 0 aliphatic rings. The SMILES string of the molecule is Cc1ccc([Se]C([Se]c2ccc(C)cc2)[Se]c2ccc(C)cc2)cc1. The molecule has 0 bridgehead atoms. The second-order valence-electron chi connectivity index (χ2n) is 6.08. The molecule has 3 aromatic rings. The molecule has 0 aliphatic carbocycles. The van der Waals surface area contributed by atoms with Crippen LogP contribution in [0.5, 0.6) is 0 Å². The molecule has 0 nitrogen and oxygen atoms in total. The van der Waals surface area contributed by atoms with Gasteiger partial charge in [0.05, 0.1) is 0 Å². The monoisotopic (exact) mass is 526 g/mol. The Morgan fingerprint density at radius 2 is 0.680 bits per heavy atom. The maximum absolute atomic E-state index is 2.33. The normalized spacial score (nSPS) is 11.0. The van der Waals surface area contributed by atoms with Gasteiger partial charge in [-0.05, 0) is 0 Å². The van der Waals surface area contributed by atoms with E-state index in [4.69, 9.17) is 0 Å². The second-order valence-corrected chi connectivity index (χ2v) is 18.0. The Hall–Kier alpha value is -0.782. The molecule has 0 fully saturated rings. The topological polar surface area (TPSA) is 0 Å². The molecule has 0 aliphatic heterocycles. The predicted octanol–water partition coefficient (Wildman–Crippen LogP) is 2.70. The third-order valence-corrected chi connectivity index (χ3v) is 14.7. The minimum atomic E-state index is 0.531. The van der Waals surface area contributed by atoms with E-state index in [1.807, 2.05) is 0 Å². The number of rotatable bonds is 6. The van der Waals surface area contributed by atoms with Crippen molar-refractivity contribution in [1.82, 2.24) is 0 Å². The van der Waals surface area contributed by atoms with Gasteiger partial charge in [0.15, 0.2) is 0 Å². The van der Waals surface area contributed by atoms with Crippen molar-refractivity contribution in [3.63, 3.8) is 0 Å². The van der Waals surface area contributed by atoms with Crippen LogP contribution in [0.3, 0.4) is 0 Å². The number of aryl methyl sites for hydroxylation is 3. The van der Waals surface area contributed by atoms with Crippen LogP contribution in [0, 0.1) is 20.8 Å². The van der Waals surface area contributed by atoms with Crippen LogP contribution < -0.4 is 13.4 Å². The molecule has 25 heavy (non-hydrogen) atoms. The Morgan fingerprint density at radius 1 is 0.440 bits per heavy atom. The number of hydrogen-bond acceptors (Lipinski definition) is 0. The van der Waals surface area contributed by atoms with Gasteiger partial charge in [0, 0.05) is 0 Å². The molecule has 0 spiro atoms. The standard InChI is InChI=1S/C22H22Se3/c1-16-4-10-19(11-5-16)23-22(24-20-12-6-17(2)7-13-20)25-21-14-8-18(3)9-15-21/h4-15,22H,1-3H3. The van der Waals surface area contributed by atoms with Crippen LogP contribution >= 0.6 is 0 Å². The van der Waals surface area contributed by atoms with E-state index in [0.717, 1.165) is 2.61 Å².